The lowest BCUT2D eigenvalue weighted by Crippen LogP contribution is -2.63. The van der Waals surface area contributed by atoms with Crippen LogP contribution < -0.4 is 5.73 Å². The summed E-state index contributed by atoms with van der Waals surface area (Å²) in [7, 11) is 0. The minimum Gasteiger partial charge on any atom is -0.389 e. The summed E-state index contributed by atoms with van der Waals surface area (Å²) in [6.45, 7) is 8.74. The van der Waals surface area contributed by atoms with E-state index in [0.717, 1.165) is 38.7 Å². The molecule has 2 aliphatic rings. The van der Waals surface area contributed by atoms with E-state index < -0.39 is 5.60 Å². The van der Waals surface area contributed by atoms with Crippen LogP contribution in [0.15, 0.2) is 0 Å². The number of hydrogen-bond acceptors (Lipinski definition) is 3. The van der Waals surface area contributed by atoms with E-state index in [-0.39, 0.29) is 10.8 Å². The van der Waals surface area contributed by atoms with Crippen LogP contribution in [-0.4, -0.2) is 30.5 Å². The highest BCUT2D eigenvalue weighted by atomic mass is 16.5. The maximum Gasteiger partial charge on any atom is 0.0770 e. The van der Waals surface area contributed by atoms with Crippen LogP contribution in [0.3, 0.4) is 0 Å². The van der Waals surface area contributed by atoms with Gasteiger partial charge < -0.3 is 15.6 Å². The molecule has 3 unspecified atom stereocenters. The number of hydrogen-bond donors (Lipinski definition) is 2. The lowest BCUT2D eigenvalue weighted by molar-refractivity contribution is -0.205. The molecule has 3 heteroatoms. The van der Waals surface area contributed by atoms with Gasteiger partial charge in [-0.25, -0.2) is 0 Å². The Bertz CT molecular complexity index is 304. The average Bonchev–Trinajstić information content (AvgIpc) is 2.38. The number of ether oxygens (including phenoxy) is 1. The molecule has 3 N–H and O–H groups in total. The van der Waals surface area contributed by atoms with Gasteiger partial charge in [-0.1, -0.05) is 33.6 Å². The molecule has 112 valence electrons. The highest BCUT2D eigenvalue weighted by Gasteiger charge is 2.57. The van der Waals surface area contributed by atoms with Gasteiger partial charge in [0.25, 0.3) is 0 Å². The fourth-order valence-corrected chi connectivity index (χ4v) is 4.47. The molecule has 1 aliphatic heterocycles. The number of aliphatic hydroxyl groups is 1. The third kappa shape index (κ3) is 2.57. The van der Waals surface area contributed by atoms with Gasteiger partial charge in [0.15, 0.2) is 0 Å². The van der Waals surface area contributed by atoms with E-state index in [9.17, 15) is 5.11 Å². The summed E-state index contributed by atoms with van der Waals surface area (Å²) in [6, 6.07) is 0. The average molecular weight is 269 g/mol. The Kier molecular flexibility index (Phi) is 4.29. The second kappa shape index (κ2) is 5.34. The van der Waals surface area contributed by atoms with E-state index in [4.69, 9.17) is 10.5 Å². The molecular formula is C16H31NO2. The topological polar surface area (TPSA) is 55.5 Å². The van der Waals surface area contributed by atoms with Gasteiger partial charge in [-0.05, 0) is 37.0 Å². The molecule has 0 radical (unpaired) electrons. The summed E-state index contributed by atoms with van der Waals surface area (Å²) in [5.74, 6) is 0.319. The SMILES string of the molecule is CC(C)(C)C1CCCCC1(O)C1(CN)CCCOC1. The first-order valence-electron chi connectivity index (χ1n) is 7.86. The summed E-state index contributed by atoms with van der Waals surface area (Å²) in [5.41, 5.74) is 5.35. The van der Waals surface area contributed by atoms with Gasteiger partial charge in [0, 0.05) is 18.6 Å². The fourth-order valence-electron chi connectivity index (χ4n) is 4.47. The predicted molar refractivity (Wildman–Crippen MR) is 77.9 cm³/mol. The lowest BCUT2D eigenvalue weighted by Gasteiger charge is -2.57. The van der Waals surface area contributed by atoms with E-state index in [1.54, 1.807) is 0 Å². The second-order valence-corrected chi connectivity index (χ2v) is 7.73. The van der Waals surface area contributed by atoms with Gasteiger partial charge in [0.05, 0.1) is 12.2 Å². The minimum absolute atomic E-state index is 0.120. The van der Waals surface area contributed by atoms with Crippen LogP contribution in [0.25, 0.3) is 0 Å². The van der Waals surface area contributed by atoms with Crippen molar-refractivity contribution in [2.45, 2.75) is 64.9 Å². The van der Waals surface area contributed by atoms with Gasteiger partial charge in [-0.3, -0.25) is 0 Å². The number of nitrogens with two attached hydrogens (primary N) is 1. The second-order valence-electron chi connectivity index (χ2n) is 7.73. The minimum atomic E-state index is -0.654. The Hall–Kier alpha value is -0.120. The molecule has 1 saturated carbocycles. The summed E-state index contributed by atoms with van der Waals surface area (Å²) in [5, 5.41) is 11.6. The van der Waals surface area contributed by atoms with Crippen molar-refractivity contribution in [1.29, 1.82) is 0 Å². The van der Waals surface area contributed by atoms with Crippen molar-refractivity contribution < 1.29 is 9.84 Å². The van der Waals surface area contributed by atoms with Crippen LogP contribution in [0.2, 0.25) is 0 Å². The third-order valence-electron chi connectivity index (χ3n) is 5.55. The van der Waals surface area contributed by atoms with E-state index in [2.05, 4.69) is 20.8 Å². The first-order chi connectivity index (χ1) is 8.86. The van der Waals surface area contributed by atoms with Gasteiger partial charge in [-0.15, -0.1) is 0 Å². The molecule has 0 spiro atoms. The summed E-state index contributed by atoms with van der Waals surface area (Å²) < 4.78 is 5.72. The van der Waals surface area contributed by atoms with Crippen LogP contribution in [-0.2, 0) is 4.74 Å². The van der Waals surface area contributed by atoms with E-state index in [1.165, 1.54) is 6.42 Å². The Labute approximate surface area is 117 Å². The van der Waals surface area contributed by atoms with Crippen molar-refractivity contribution >= 4 is 0 Å². The van der Waals surface area contributed by atoms with Crippen molar-refractivity contribution in [3.63, 3.8) is 0 Å². The third-order valence-corrected chi connectivity index (χ3v) is 5.55. The predicted octanol–water partition coefficient (Wildman–Crippen LogP) is 2.71. The molecule has 3 atom stereocenters. The smallest absolute Gasteiger partial charge is 0.0770 e. The molecule has 1 saturated heterocycles. The zero-order valence-electron chi connectivity index (χ0n) is 12.9. The Balaban J connectivity index is 2.35. The van der Waals surface area contributed by atoms with E-state index in [1.807, 2.05) is 0 Å². The molecule has 2 fully saturated rings. The first kappa shape index (κ1) is 15.3. The molecule has 0 amide bonds. The summed E-state index contributed by atoms with van der Waals surface area (Å²) in [6.07, 6.45) is 6.37. The Morgan fingerprint density at radius 1 is 1.21 bits per heavy atom. The molecule has 0 aromatic rings. The largest absolute Gasteiger partial charge is 0.389 e. The van der Waals surface area contributed by atoms with Crippen LogP contribution >= 0.6 is 0 Å². The molecule has 2 rings (SSSR count). The van der Waals surface area contributed by atoms with E-state index >= 15 is 0 Å². The van der Waals surface area contributed by atoms with Crippen molar-refractivity contribution in [2.75, 3.05) is 19.8 Å². The monoisotopic (exact) mass is 269 g/mol. The Morgan fingerprint density at radius 2 is 1.95 bits per heavy atom. The van der Waals surface area contributed by atoms with Crippen molar-refractivity contribution in [3.8, 4) is 0 Å². The van der Waals surface area contributed by atoms with Crippen LogP contribution in [0, 0.1) is 16.7 Å². The molecule has 19 heavy (non-hydrogen) atoms. The quantitative estimate of drug-likeness (QED) is 0.810. The molecule has 1 heterocycles. The highest BCUT2D eigenvalue weighted by molar-refractivity contribution is 5.08. The molecule has 1 aliphatic carbocycles. The zero-order valence-corrected chi connectivity index (χ0v) is 12.9. The van der Waals surface area contributed by atoms with E-state index in [0.29, 0.717) is 19.1 Å². The van der Waals surface area contributed by atoms with Crippen LogP contribution in [0.4, 0.5) is 0 Å². The van der Waals surface area contributed by atoms with Crippen molar-refractivity contribution in [2.24, 2.45) is 22.5 Å². The van der Waals surface area contributed by atoms with Gasteiger partial charge in [-0.2, -0.15) is 0 Å². The van der Waals surface area contributed by atoms with Gasteiger partial charge >= 0.3 is 0 Å². The standard InChI is InChI=1S/C16H31NO2/c1-14(2,3)13-7-4-5-9-16(13,18)15(11-17)8-6-10-19-12-15/h13,18H,4-12,17H2,1-3H3. The normalized spacial score (nSPS) is 41.2. The fraction of sp³-hybridized carbons (Fsp3) is 1.00. The highest BCUT2D eigenvalue weighted by Crippen LogP contribution is 2.54. The number of rotatable bonds is 2. The van der Waals surface area contributed by atoms with Crippen molar-refractivity contribution in [1.82, 2.24) is 0 Å². The molecular weight excluding hydrogens is 238 g/mol. The van der Waals surface area contributed by atoms with Crippen molar-refractivity contribution in [3.05, 3.63) is 0 Å². The molecule has 0 aromatic carbocycles. The van der Waals surface area contributed by atoms with Crippen LogP contribution in [0.5, 0.6) is 0 Å². The van der Waals surface area contributed by atoms with Gasteiger partial charge in [0.2, 0.25) is 0 Å². The maximum atomic E-state index is 11.6. The van der Waals surface area contributed by atoms with Crippen LogP contribution in [0.1, 0.15) is 59.3 Å². The lowest BCUT2D eigenvalue weighted by atomic mass is 9.53. The molecule has 0 aromatic heterocycles. The Morgan fingerprint density at radius 3 is 2.47 bits per heavy atom. The summed E-state index contributed by atoms with van der Waals surface area (Å²) >= 11 is 0. The summed E-state index contributed by atoms with van der Waals surface area (Å²) in [4.78, 5) is 0. The first-order valence-corrected chi connectivity index (χ1v) is 7.86. The molecule has 3 nitrogen and oxygen atoms in total. The maximum absolute atomic E-state index is 11.6. The van der Waals surface area contributed by atoms with Gasteiger partial charge in [0.1, 0.15) is 0 Å². The molecule has 0 bridgehead atoms. The zero-order chi connectivity index (χ0) is 14.1.